The van der Waals surface area contributed by atoms with Crippen molar-refractivity contribution in [3.05, 3.63) is 23.0 Å². The Morgan fingerprint density at radius 1 is 1.25 bits per heavy atom. The molecule has 2 aromatic rings. The van der Waals surface area contributed by atoms with Crippen LogP contribution in [0.4, 0.5) is 0 Å². The van der Waals surface area contributed by atoms with Crippen LogP contribution in [0.2, 0.25) is 0 Å². The highest BCUT2D eigenvalue weighted by Gasteiger charge is 2.66. The number of nitrogens with one attached hydrogen (secondary N) is 1. The molecule has 1 heterocycles. The minimum Gasteiger partial charge on any atom is -0.492 e. The van der Waals surface area contributed by atoms with E-state index < -0.39 is 0 Å². The molecule has 4 heteroatoms. The number of aromatic nitrogens is 2. The predicted octanol–water partition coefficient (Wildman–Crippen LogP) is 4.70. The molecule has 0 amide bonds. The second kappa shape index (κ2) is 4.10. The van der Waals surface area contributed by atoms with Crippen LogP contribution in [0.3, 0.4) is 0 Å². The van der Waals surface area contributed by atoms with E-state index in [0.717, 1.165) is 21.6 Å². The fourth-order valence-corrected chi connectivity index (χ4v) is 3.77. The molecule has 1 aromatic heterocycles. The highest BCUT2D eigenvalue weighted by Crippen LogP contribution is 2.71. The molecule has 0 spiro atoms. The van der Waals surface area contributed by atoms with Crippen LogP contribution < -0.4 is 4.74 Å². The minimum atomic E-state index is 0.252. The minimum absolute atomic E-state index is 0.252. The molecule has 1 N–H and O–H groups in total. The quantitative estimate of drug-likeness (QED) is 0.830. The first kappa shape index (κ1) is 13.7. The molecule has 0 saturated heterocycles. The summed E-state index contributed by atoms with van der Waals surface area (Å²) in [4.78, 5) is 3.33. The SMILES string of the molecule is CCOc1cccc2c1[nH]c(=S)n2C1C(C)(C)C1(C)C. The molecule has 1 aromatic carbocycles. The van der Waals surface area contributed by atoms with Crippen molar-refractivity contribution in [1.29, 1.82) is 0 Å². The number of hydrogen-bond donors (Lipinski definition) is 1. The zero-order valence-electron chi connectivity index (χ0n) is 12.8. The molecule has 0 aliphatic heterocycles. The van der Waals surface area contributed by atoms with Crippen molar-refractivity contribution in [1.82, 2.24) is 9.55 Å². The first-order valence-corrected chi connectivity index (χ1v) is 7.59. The van der Waals surface area contributed by atoms with E-state index in [1.807, 2.05) is 19.1 Å². The van der Waals surface area contributed by atoms with Gasteiger partial charge in [-0.2, -0.15) is 0 Å². The van der Waals surface area contributed by atoms with Crippen LogP contribution in [-0.2, 0) is 0 Å². The van der Waals surface area contributed by atoms with E-state index in [0.29, 0.717) is 12.6 Å². The van der Waals surface area contributed by atoms with Gasteiger partial charge in [-0.3, -0.25) is 0 Å². The molecule has 0 atom stereocenters. The number of benzene rings is 1. The fourth-order valence-electron chi connectivity index (χ4n) is 3.46. The molecule has 0 bridgehead atoms. The largest absolute Gasteiger partial charge is 0.492 e. The van der Waals surface area contributed by atoms with E-state index in [-0.39, 0.29) is 10.8 Å². The summed E-state index contributed by atoms with van der Waals surface area (Å²) < 4.78 is 8.76. The Morgan fingerprint density at radius 2 is 1.90 bits per heavy atom. The molecule has 1 aliphatic carbocycles. The Hall–Kier alpha value is -1.29. The van der Waals surface area contributed by atoms with Gasteiger partial charge in [0.2, 0.25) is 0 Å². The van der Waals surface area contributed by atoms with Crippen LogP contribution in [0.1, 0.15) is 40.7 Å². The maximum Gasteiger partial charge on any atom is 0.178 e. The molecule has 20 heavy (non-hydrogen) atoms. The summed E-state index contributed by atoms with van der Waals surface area (Å²) in [6.45, 7) is 11.9. The normalized spacial score (nSPS) is 20.2. The number of imidazole rings is 1. The molecule has 1 fully saturated rings. The lowest BCUT2D eigenvalue weighted by molar-refractivity contribution is 0.343. The number of fused-ring (bicyclic) bond motifs is 1. The summed E-state index contributed by atoms with van der Waals surface area (Å²) in [6, 6.07) is 6.57. The van der Waals surface area contributed by atoms with Gasteiger partial charge in [-0.05, 0) is 42.1 Å². The molecule has 0 unspecified atom stereocenters. The van der Waals surface area contributed by atoms with Crippen molar-refractivity contribution >= 4 is 23.3 Å². The Morgan fingerprint density at radius 3 is 2.45 bits per heavy atom. The van der Waals surface area contributed by atoms with Crippen molar-refractivity contribution in [2.75, 3.05) is 6.61 Å². The van der Waals surface area contributed by atoms with Gasteiger partial charge in [0.05, 0.1) is 12.1 Å². The number of nitrogens with zero attached hydrogens (tertiary/aromatic N) is 1. The predicted molar refractivity (Wildman–Crippen MR) is 84.9 cm³/mol. The van der Waals surface area contributed by atoms with E-state index in [1.54, 1.807) is 0 Å². The average molecular weight is 290 g/mol. The Labute approximate surface area is 125 Å². The topological polar surface area (TPSA) is 29.9 Å². The number of para-hydroxylation sites is 1. The van der Waals surface area contributed by atoms with Gasteiger partial charge in [0.25, 0.3) is 0 Å². The summed E-state index contributed by atoms with van der Waals surface area (Å²) in [7, 11) is 0. The summed E-state index contributed by atoms with van der Waals surface area (Å²) in [6.07, 6.45) is 0. The third kappa shape index (κ3) is 1.60. The van der Waals surface area contributed by atoms with E-state index in [9.17, 15) is 0 Å². The Balaban J connectivity index is 2.22. The van der Waals surface area contributed by atoms with Crippen LogP contribution in [0.25, 0.3) is 11.0 Å². The standard InChI is InChI=1S/C16H22N2OS/c1-6-19-11-9-7-8-10-12(11)17-14(20)18(10)13-15(2,3)16(13,4)5/h7-9,13H,6H2,1-5H3,(H,17,20). The average Bonchev–Trinajstić information content (AvgIpc) is 2.65. The Bertz CT molecular complexity index is 710. The number of aromatic amines is 1. The molecule has 1 saturated carbocycles. The third-order valence-corrected chi connectivity index (χ3v) is 5.52. The van der Waals surface area contributed by atoms with Crippen molar-refractivity contribution in [3.63, 3.8) is 0 Å². The molecule has 108 valence electrons. The van der Waals surface area contributed by atoms with Gasteiger partial charge in [0.15, 0.2) is 4.77 Å². The lowest BCUT2D eigenvalue weighted by Crippen LogP contribution is -2.00. The van der Waals surface area contributed by atoms with Crippen LogP contribution >= 0.6 is 12.2 Å². The van der Waals surface area contributed by atoms with Crippen LogP contribution in [0.15, 0.2) is 18.2 Å². The maximum atomic E-state index is 5.70. The van der Waals surface area contributed by atoms with E-state index in [4.69, 9.17) is 17.0 Å². The summed E-state index contributed by atoms with van der Waals surface area (Å²) in [5.74, 6) is 0.881. The third-order valence-electron chi connectivity index (χ3n) is 5.22. The van der Waals surface area contributed by atoms with Crippen LogP contribution in [-0.4, -0.2) is 16.2 Å². The van der Waals surface area contributed by atoms with Crippen molar-refractivity contribution in [2.45, 2.75) is 40.7 Å². The van der Waals surface area contributed by atoms with Gasteiger partial charge in [0.1, 0.15) is 11.3 Å². The number of ether oxygens (including phenoxy) is 1. The first-order valence-electron chi connectivity index (χ1n) is 7.18. The van der Waals surface area contributed by atoms with Gasteiger partial charge in [-0.25, -0.2) is 0 Å². The zero-order chi connectivity index (χ0) is 14.7. The highest BCUT2D eigenvalue weighted by molar-refractivity contribution is 7.71. The highest BCUT2D eigenvalue weighted by atomic mass is 32.1. The van der Waals surface area contributed by atoms with E-state index in [2.05, 4.69) is 43.3 Å². The maximum absolute atomic E-state index is 5.70. The number of hydrogen-bond acceptors (Lipinski definition) is 2. The molecule has 1 aliphatic rings. The smallest absolute Gasteiger partial charge is 0.178 e. The van der Waals surface area contributed by atoms with E-state index >= 15 is 0 Å². The van der Waals surface area contributed by atoms with Gasteiger partial charge >= 0.3 is 0 Å². The zero-order valence-corrected chi connectivity index (χ0v) is 13.6. The van der Waals surface area contributed by atoms with Gasteiger partial charge in [0, 0.05) is 6.04 Å². The summed E-state index contributed by atoms with van der Waals surface area (Å²) >= 11 is 5.57. The first-order chi connectivity index (χ1) is 9.32. The number of H-pyrrole nitrogens is 1. The molecular weight excluding hydrogens is 268 g/mol. The van der Waals surface area contributed by atoms with Gasteiger partial charge in [-0.15, -0.1) is 0 Å². The van der Waals surface area contributed by atoms with Gasteiger partial charge < -0.3 is 14.3 Å². The lowest BCUT2D eigenvalue weighted by atomic mass is 10.0. The molecular formula is C16H22N2OS. The van der Waals surface area contributed by atoms with Crippen molar-refractivity contribution in [3.8, 4) is 5.75 Å². The number of rotatable bonds is 3. The van der Waals surface area contributed by atoms with Crippen LogP contribution in [0, 0.1) is 15.6 Å². The second-order valence-corrected chi connectivity index (χ2v) is 7.12. The fraction of sp³-hybridized carbons (Fsp3) is 0.562. The monoisotopic (exact) mass is 290 g/mol. The lowest BCUT2D eigenvalue weighted by Gasteiger charge is -2.08. The van der Waals surface area contributed by atoms with Crippen molar-refractivity contribution < 1.29 is 4.74 Å². The molecule has 0 radical (unpaired) electrons. The van der Waals surface area contributed by atoms with Crippen LogP contribution in [0.5, 0.6) is 5.75 Å². The summed E-state index contributed by atoms with van der Waals surface area (Å²) in [5, 5.41) is 0. The second-order valence-electron chi connectivity index (χ2n) is 6.73. The van der Waals surface area contributed by atoms with E-state index in [1.165, 1.54) is 0 Å². The Kier molecular flexibility index (Phi) is 2.81. The van der Waals surface area contributed by atoms with Gasteiger partial charge in [-0.1, -0.05) is 33.8 Å². The molecule has 3 rings (SSSR count). The molecule has 3 nitrogen and oxygen atoms in total. The summed E-state index contributed by atoms with van der Waals surface area (Å²) in [5.41, 5.74) is 2.66. The van der Waals surface area contributed by atoms with Crippen molar-refractivity contribution in [2.24, 2.45) is 10.8 Å².